The van der Waals surface area contributed by atoms with Gasteiger partial charge in [0.25, 0.3) is 0 Å². The average molecular weight is 739 g/mol. The van der Waals surface area contributed by atoms with Crippen LogP contribution in [0.4, 0.5) is 0 Å². The molecule has 0 aliphatic heterocycles. The van der Waals surface area contributed by atoms with Gasteiger partial charge in [-0.05, 0) is 124 Å². The second-order valence-electron chi connectivity index (χ2n) is 16.4. The largest absolute Gasteiger partial charge is 0.0714 e. The highest BCUT2D eigenvalue weighted by Gasteiger charge is 2.49. The molecule has 2 aliphatic rings. The summed E-state index contributed by atoms with van der Waals surface area (Å²) >= 11 is 0. The first kappa shape index (κ1) is 34.2. The van der Waals surface area contributed by atoms with Crippen molar-refractivity contribution in [3.63, 3.8) is 0 Å². The molecule has 11 rings (SSSR count). The molecule has 0 saturated carbocycles. The Morgan fingerprint density at radius 2 is 0.621 bits per heavy atom. The highest BCUT2D eigenvalue weighted by Crippen LogP contribution is 2.62. The van der Waals surface area contributed by atoms with Crippen LogP contribution < -0.4 is 0 Å². The second kappa shape index (κ2) is 13.3. The maximum Gasteiger partial charge on any atom is 0.0714 e. The smallest absolute Gasteiger partial charge is 0.0622 e. The van der Waals surface area contributed by atoms with Crippen LogP contribution in [-0.4, -0.2) is 0 Å². The van der Waals surface area contributed by atoms with Gasteiger partial charge in [-0.15, -0.1) is 0 Å². The molecule has 0 heteroatoms. The van der Waals surface area contributed by atoms with Gasteiger partial charge in [-0.25, -0.2) is 0 Å². The van der Waals surface area contributed by atoms with Gasteiger partial charge in [-0.1, -0.05) is 208 Å². The van der Waals surface area contributed by atoms with Gasteiger partial charge in [0.1, 0.15) is 0 Å². The van der Waals surface area contributed by atoms with E-state index in [1.165, 1.54) is 100 Å². The zero-order valence-electron chi connectivity index (χ0n) is 32.8. The van der Waals surface area contributed by atoms with E-state index in [9.17, 15) is 0 Å². The summed E-state index contributed by atoms with van der Waals surface area (Å²) in [6.45, 7) is 4.77. The van der Waals surface area contributed by atoms with Crippen molar-refractivity contribution in [1.82, 2.24) is 0 Å². The lowest BCUT2D eigenvalue weighted by molar-refractivity contribution is 0.659. The molecule has 0 amide bonds. The highest BCUT2D eigenvalue weighted by molar-refractivity contribution is 6.00. The normalized spacial score (nSPS) is 14.0. The quantitative estimate of drug-likeness (QED) is 0.159. The predicted molar refractivity (Wildman–Crippen MR) is 243 cm³/mol. The molecule has 2 aliphatic carbocycles. The van der Waals surface area contributed by atoms with E-state index >= 15 is 0 Å². The number of rotatable bonds is 6. The predicted octanol–water partition coefficient (Wildman–Crippen LogP) is 15.0. The van der Waals surface area contributed by atoms with E-state index in [0.717, 1.165) is 0 Å². The summed E-state index contributed by atoms with van der Waals surface area (Å²) < 4.78 is 0. The summed E-state index contributed by atoms with van der Waals surface area (Å²) in [6, 6.07) is 81.3. The first-order chi connectivity index (χ1) is 28.5. The minimum atomic E-state index is -0.581. The molecule has 0 spiro atoms. The fraction of sp³-hybridized carbons (Fsp3) is 0.0690. The van der Waals surface area contributed by atoms with E-state index < -0.39 is 5.41 Å². The Morgan fingerprint density at radius 1 is 0.259 bits per heavy atom. The van der Waals surface area contributed by atoms with Crippen molar-refractivity contribution < 1.29 is 0 Å². The molecule has 0 bridgehead atoms. The van der Waals surface area contributed by atoms with Crippen LogP contribution in [0.2, 0.25) is 0 Å². The van der Waals surface area contributed by atoms with E-state index in [0.29, 0.717) is 0 Å². The van der Waals surface area contributed by atoms with Crippen LogP contribution >= 0.6 is 0 Å². The van der Waals surface area contributed by atoms with Gasteiger partial charge in [-0.3, -0.25) is 0 Å². The zero-order chi connectivity index (χ0) is 38.8. The second-order valence-corrected chi connectivity index (χ2v) is 16.4. The molecule has 0 unspecified atom stereocenters. The first-order valence-electron chi connectivity index (χ1n) is 20.4. The topological polar surface area (TPSA) is 0 Å². The zero-order valence-corrected chi connectivity index (χ0v) is 32.8. The van der Waals surface area contributed by atoms with E-state index in [2.05, 4.69) is 232 Å². The molecule has 274 valence electrons. The Bertz CT molecular complexity index is 2890. The molecule has 0 saturated heterocycles. The maximum absolute atomic E-state index is 2.47. The lowest BCUT2D eigenvalue weighted by Gasteiger charge is -2.35. The van der Waals surface area contributed by atoms with E-state index in [4.69, 9.17) is 0 Å². The van der Waals surface area contributed by atoms with Crippen LogP contribution in [0.5, 0.6) is 0 Å². The molecule has 9 aromatic rings. The summed E-state index contributed by atoms with van der Waals surface area (Å²) in [4.78, 5) is 0. The number of fused-ring (bicyclic) bond motifs is 7. The monoisotopic (exact) mass is 738 g/mol. The maximum atomic E-state index is 2.47. The third-order valence-corrected chi connectivity index (χ3v) is 13.0. The molecule has 0 radical (unpaired) electrons. The Morgan fingerprint density at radius 3 is 1.16 bits per heavy atom. The first-order valence-corrected chi connectivity index (χ1v) is 20.4. The molecular formula is C58H42. The molecule has 0 nitrogen and oxygen atoms in total. The van der Waals surface area contributed by atoms with Gasteiger partial charge in [0.15, 0.2) is 0 Å². The Labute approximate surface area is 341 Å². The van der Waals surface area contributed by atoms with Gasteiger partial charge in [0, 0.05) is 5.41 Å². The van der Waals surface area contributed by atoms with Gasteiger partial charge in [0.05, 0.1) is 5.41 Å². The van der Waals surface area contributed by atoms with Gasteiger partial charge in [-0.2, -0.15) is 0 Å². The molecule has 0 atom stereocenters. The average Bonchev–Trinajstić information content (AvgIpc) is 3.73. The molecular weight excluding hydrogens is 697 g/mol. The van der Waals surface area contributed by atoms with Crippen molar-refractivity contribution in [1.29, 1.82) is 0 Å². The Kier molecular flexibility index (Phi) is 7.85. The van der Waals surface area contributed by atoms with Crippen molar-refractivity contribution in [3.05, 3.63) is 252 Å². The molecule has 9 aromatic carbocycles. The molecule has 0 heterocycles. The Balaban J connectivity index is 1.18. The van der Waals surface area contributed by atoms with E-state index in [-0.39, 0.29) is 5.41 Å². The third-order valence-electron chi connectivity index (χ3n) is 13.0. The minimum absolute atomic E-state index is 0.103. The van der Waals surface area contributed by atoms with E-state index in [1.807, 2.05) is 0 Å². The van der Waals surface area contributed by atoms with Gasteiger partial charge < -0.3 is 0 Å². The summed E-state index contributed by atoms with van der Waals surface area (Å²) in [5.74, 6) is 0. The van der Waals surface area contributed by atoms with Crippen LogP contribution in [0.1, 0.15) is 47.2 Å². The van der Waals surface area contributed by atoms with Crippen molar-refractivity contribution in [3.8, 4) is 66.8 Å². The van der Waals surface area contributed by atoms with Crippen molar-refractivity contribution in [2.24, 2.45) is 0 Å². The van der Waals surface area contributed by atoms with Crippen molar-refractivity contribution >= 4 is 0 Å². The molecule has 0 N–H and O–H groups in total. The lowest BCUT2D eigenvalue weighted by atomic mass is 9.66. The fourth-order valence-electron chi connectivity index (χ4n) is 10.2. The lowest BCUT2D eigenvalue weighted by Crippen LogP contribution is -2.29. The third kappa shape index (κ3) is 5.15. The van der Waals surface area contributed by atoms with Crippen LogP contribution in [-0.2, 0) is 10.8 Å². The minimum Gasteiger partial charge on any atom is -0.0622 e. The highest BCUT2D eigenvalue weighted by atomic mass is 14.5. The molecule has 58 heavy (non-hydrogen) atoms. The fourth-order valence-corrected chi connectivity index (χ4v) is 10.2. The summed E-state index contributed by atoms with van der Waals surface area (Å²) in [6.07, 6.45) is 0. The SMILES string of the molecule is CC1(C)c2ccccc2-c2c1ccc1c2-c2ccccc2C1(c1cccc(-c2cccc(-c3ccccc3)c2)c1)c1cccc(-c2cccc(-c3ccccc3)c2)c1. The van der Waals surface area contributed by atoms with Crippen LogP contribution in [0.15, 0.2) is 218 Å². The number of hydrogen-bond donors (Lipinski definition) is 0. The van der Waals surface area contributed by atoms with E-state index in [1.54, 1.807) is 0 Å². The van der Waals surface area contributed by atoms with Gasteiger partial charge >= 0.3 is 0 Å². The molecule has 0 aromatic heterocycles. The number of hydrogen-bond acceptors (Lipinski definition) is 0. The Hall–Kier alpha value is -7.02. The molecule has 0 fully saturated rings. The van der Waals surface area contributed by atoms with Crippen LogP contribution in [0.25, 0.3) is 66.8 Å². The summed E-state index contributed by atoms with van der Waals surface area (Å²) in [5, 5.41) is 0. The van der Waals surface area contributed by atoms with Gasteiger partial charge in [0.2, 0.25) is 0 Å². The summed E-state index contributed by atoms with van der Waals surface area (Å²) in [5.41, 5.74) is 22.4. The summed E-state index contributed by atoms with van der Waals surface area (Å²) in [7, 11) is 0. The van der Waals surface area contributed by atoms with Crippen LogP contribution in [0, 0.1) is 0 Å². The van der Waals surface area contributed by atoms with Crippen LogP contribution in [0.3, 0.4) is 0 Å². The van der Waals surface area contributed by atoms with Crippen molar-refractivity contribution in [2.45, 2.75) is 24.7 Å². The standard InChI is InChI=1S/C58H42/c1-57(2)51-31-11-9-29-49(51)55-53(57)33-34-54-56(55)50-30-10-12-32-52(50)58(54,47-27-15-25-45(37-47)43-23-13-21-41(35-43)39-17-5-3-6-18-39)48-28-16-26-46(38-48)44-24-14-22-42(36-44)40-19-7-4-8-20-40/h3-38H,1-2H3. The van der Waals surface area contributed by atoms with Crippen molar-refractivity contribution in [2.75, 3.05) is 0 Å². The number of benzene rings is 9.